The van der Waals surface area contributed by atoms with Gasteiger partial charge in [-0.2, -0.15) is 0 Å². The van der Waals surface area contributed by atoms with E-state index in [0.29, 0.717) is 23.3 Å². The Balaban J connectivity index is 2.74. The van der Waals surface area contributed by atoms with E-state index in [0.717, 1.165) is 5.56 Å². The average Bonchev–Trinajstić information content (AvgIpc) is 2.47. The Bertz CT molecular complexity index is 747. The number of H-pyrrole nitrogens is 1. The van der Waals surface area contributed by atoms with Crippen molar-refractivity contribution in [1.29, 1.82) is 0 Å². The Morgan fingerprint density at radius 2 is 2.24 bits per heavy atom. The lowest BCUT2D eigenvalue weighted by Crippen LogP contribution is -2.15. The number of amides is 1. The molecular formula is C16H16N2O3. The van der Waals surface area contributed by atoms with E-state index in [9.17, 15) is 9.59 Å². The first-order valence-electron chi connectivity index (χ1n) is 6.38. The second-order valence-electron chi connectivity index (χ2n) is 4.49. The largest absolute Gasteiger partial charge is 0.496 e. The maximum absolute atomic E-state index is 11.9. The number of primary amides is 1. The van der Waals surface area contributed by atoms with Crippen LogP contribution in [-0.2, 0) is 6.42 Å². The maximum atomic E-state index is 11.9. The summed E-state index contributed by atoms with van der Waals surface area (Å²) in [5.41, 5.74) is 7.25. The molecular weight excluding hydrogens is 268 g/mol. The van der Waals surface area contributed by atoms with Gasteiger partial charge in [0, 0.05) is 11.8 Å². The molecule has 0 unspecified atom stereocenters. The van der Waals surface area contributed by atoms with Crippen LogP contribution in [0.3, 0.4) is 0 Å². The fourth-order valence-corrected chi connectivity index (χ4v) is 2.22. The number of carbonyl (C=O) groups excluding carboxylic acids is 1. The second kappa shape index (κ2) is 6.09. The predicted molar refractivity (Wildman–Crippen MR) is 81.5 cm³/mol. The van der Waals surface area contributed by atoms with Crippen molar-refractivity contribution in [3.8, 4) is 16.9 Å². The highest BCUT2D eigenvalue weighted by atomic mass is 16.5. The number of methoxy groups -OCH3 is 1. The van der Waals surface area contributed by atoms with Gasteiger partial charge in [0.1, 0.15) is 5.75 Å². The van der Waals surface area contributed by atoms with Crippen molar-refractivity contribution < 1.29 is 9.53 Å². The summed E-state index contributed by atoms with van der Waals surface area (Å²) in [6.45, 7) is 3.69. The molecule has 1 aromatic heterocycles. The van der Waals surface area contributed by atoms with E-state index in [1.54, 1.807) is 36.5 Å². The Morgan fingerprint density at radius 3 is 2.81 bits per heavy atom. The monoisotopic (exact) mass is 284 g/mol. The summed E-state index contributed by atoms with van der Waals surface area (Å²) in [5.74, 6) is -0.190. The SMILES string of the molecule is C=CCc1cc(-c2ccc[nH]c2=O)cc(C(N)=O)c1OC. The van der Waals surface area contributed by atoms with E-state index >= 15 is 0 Å². The molecule has 2 aromatic rings. The number of carbonyl (C=O) groups is 1. The van der Waals surface area contributed by atoms with Gasteiger partial charge in [0.2, 0.25) is 0 Å². The van der Waals surface area contributed by atoms with Gasteiger partial charge in [0.15, 0.2) is 0 Å². The number of aromatic amines is 1. The molecule has 1 heterocycles. The highest BCUT2D eigenvalue weighted by Crippen LogP contribution is 2.30. The van der Waals surface area contributed by atoms with Gasteiger partial charge in [-0.25, -0.2) is 0 Å². The maximum Gasteiger partial charge on any atom is 0.255 e. The third kappa shape index (κ3) is 2.86. The lowest BCUT2D eigenvalue weighted by Gasteiger charge is -2.13. The molecule has 0 saturated carbocycles. The molecule has 5 nitrogen and oxygen atoms in total. The molecule has 3 N–H and O–H groups in total. The Morgan fingerprint density at radius 1 is 1.48 bits per heavy atom. The fourth-order valence-electron chi connectivity index (χ4n) is 2.22. The number of hydrogen-bond acceptors (Lipinski definition) is 3. The minimum atomic E-state index is -0.605. The summed E-state index contributed by atoms with van der Waals surface area (Å²) >= 11 is 0. The first kappa shape index (κ1) is 14.6. The molecule has 5 heteroatoms. The van der Waals surface area contributed by atoms with Gasteiger partial charge in [-0.3, -0.25) is 9.59 Å². The molecule has 21 heavy (non-hydrogen) atoms. The van der Waals surface area contributed by atoms with Crippen LogP contribution in [0.2, 0.25) is 0 Å². The van der Waals surface area contributed by atoms with Gasteiger partial charge < -0.3 is 15.5 Å². The third-order valence-electron chi connectivity index (χ3n) is 3.13. The summed E-state index contributed by atoms with van der Waals surface area (Å²) in [6.07, 6.45) is 3.75. The standard InChI is InChI=1S/C16H16N2O3/c1-3-5-10-8-11(12-6-4-7-18-16(12)20)9-13(15(17)19)14(10)21-2/h3-4,6-9H,1,5H2,2H3,(H2,17,19)(H,18,20). The van der Waals surface area contributed by atoms with Crippen molar-refractivity contribution in [3.63, 3.8) is 0 Å². The Kier molecular flexibility index (Phi) is 4.23. The van der Waals surface area contributed by atoms with Crippen LogP contribution in [-0.4, -0.2) is 18.0 Å². The number of pyridine rings is 1. The van der Waals surface area contributed by atoms with Crippen LogP contribution >= 0.6 is 0 Å². The van der Waals surface area contributed by atoms with Crippen molar-refractivity contribution in [3.05, 3.63) is 64.6 Å². The van der Waals surface area contributed by atoms with Gasteiger partial charge in [0.25, 0.3) is 11.5 Å². The van der Waals surface area contributed by atoms with Crippen LogP contribution in [0.4, 0.5) is 0 Å². The summed E-state index contributed by atoms with van der Waals surface area (Å²) < 4.78 is 5.28. The van der Waals surface area contributed by atoms with Gasteiger partial charge in [-0.1, -0.05) is 6.08 Å². The Hall–Kier alpha value is -2.82. The van der Waals surface area contributed by atoms with Gasteiger partial charge >= 0.3 is 0 Å². The summed E-state index contributed by atoms with van der Waals surface area (Å²) in [4.78, 5) is 26.1. The zero-order valence-electron chi connectivity index (χ0n) is 11.7. The van der Waals surface area contributed by atoms with Gasteiger partial charge in [-0.15, -0.1) is 6.58 Å². The molecule has 0 fully saturated rings. The van der Waals surface area contributed by atoms with E-state index < -0.39 is 5.91 Å². The van der Waals surface area contributed by atoms with E-state index in [1.165, 1.54) is 7.11 Å². The molecule has 0 aliphatic carbocycles. The number of rotatable bonds is 5. The zero-order valence-corrected chi connectivity index (χ0v) is 11.7. The highest BCUT2D eigenvalue weighted by molar-refractivity contribution is 5.97. The lowest BCUT2D eigenvalue weighted by atomic mass is 9.97. The molecule has 0 saturated heterocycles. The second-order valence-corrected chi connectivity index (χ2v) is 4.49. The highest BCUT2D eigenvalue weighted by Gasteiger charge is 2.16. The number of ether oxygens (including phenoxy) is 1. The number of benzene rings is 1. The third-order valence-corrected chi connectivity index (χ3v) is 3.13. The number of nitrogens with two attached hydrogens (primary N) is 1. The number of hydrogen-bond donors (Lipinski definition) is 2. The minimum Gasteiger partial charge on any atom is -0.496 e. The molecule has 2 rings (SSSR count). The van der Waals surface area contributed by atoms with Crippen molar-refractivity contribution >= 4 is 5.91 Å². The zero-order chi connectivity index (χ0) is 15.4. The van der Waals surface area contributed by atoms with Gasteiger partial charge in [0.05, 0.1) is 12.7 Å². The first-order valence-corrected chi connectivity index (χ1v) is 6.38. The average molecular weight is 284 g/mol. The molecule has 1 amide bonds. The quantitative estimate of drug-likeness (QED) is 0.822. The number of aromatic nitrogens is 1. The molecule has 0 spiro atoms. The normalized spacial score (nSPS) is 10.1. The van der Waals surface area contributed by atoms with Crippen LogP contribution in [0.5, 0.6) is 5.75 Å². The van der Waals surface area contributed by atoms with Crippen LogP contribution < -0.4 is 16.0 Å². The molecule has 0 aliphatic heterocycles. The minimum absolute atomic E-state index is 0.234. The predicted octanol–water partition coefficient (Wildman–Crippen LogP) is 1.88. The van der Waals surface area contributed by atoms with Crippen LogP contribution in [0, 0.1) is 0 Å². The molecule has 0 atom stereocenters. The van der Waals surface area contributed by atoms with Crippen molar-refractivity contribution in [1.82, 2.24) is 4.98 Å². The molecule has 1 aromatic carbocycles. The number of nitrogens with one attached hydrogen (secondary N) is 1. The van der Waals surface area contributed by atoms with E-state index in [4.69, 9.17) is 10.5 Å². The van der Waals surface area contributed by atoms with Crippen molar-refractivity contribution in [2.45, 2.75) is 6.42 Å². The fraction of sp³-hybridized carbons (Fsp3) is 0.125. The van der Waals surface area contributed by atoms with Gasteiger partial charge in [-0.05, 0) is 41.8 Å². The summed E-state index contributed by atoms with van der Waals surface area (Å²) in [5, 5.41) is 0. The molecule has 0 aliphatic rings. The smallest absolute Gasteiger partial charge is 0.255 e. The summed E-state index contributed by atoms with van der Waals surface area (Å²) in [6, 6.07) is 6.77. The Labute approximate surface area is 122 Å². The first-order chi connectivity index (χ1) is 10.1. The summed E-state index contributed by atoms with van der Waals surface area (Å²) in [7, 11) is 1.48. The van der Waals surface area contributed by atoms with Crippen molar-refractivity contribution in [2.75, 3.05) is 7.11 Å². The van der Waals surface area contributed by atoms with E-state index in [2.05, 4.69) is 11.6 Å². The molecule has 0 bridgehead atoms. The van der Waals surface area contributed by atoms with E-state index in [-0.39, 0.29) is 11.1 Å². The lowest BCUT2D eigenvalue weighted by molar-refractivity contribution is 0.0997. The van der Waals surface area contributed by atoms with Crippen LogP contribution in [0.1, 0.15) is 15.9 Å². The molecule has 0 radical (unpaired) electrons. The van der Waals surface area contributed by atoms with Crippen LogP contribution in [0.25, 0.3) is 11.1 Å². The van der Waals surface area contributed by atoms with Crippen LogP contribution in [0.15, 0.2) is 47.9 Å². The molecule has 108 valence electrons. The topological polar surface area (TPSA) is 85.2 Å². The number of allylic oxidation sites excluding steroid dienone is 1. The van der Waals surface area contributed by atoms with Crippen molar-refractivity contribution in [2.24, 2.45) is 5.73 Å². The van der Waals surface area contributed by atoms with E-state index in [1.807, 2.05) is 0 Å².